The van der Waals surface area contributed by atoms with Crippen LogP contribution in [-0.4, -0.2) is 21.7 Å². The maximum Gasteiger partial charge on any atom is 0.270 e. The number of hydrogen-bond donors (Lipinski definition) is 3. The van der Waals surface area contributed by atoms with Crippen molar-refractivity contribution in [2.24, 2.45) is 0 Å². The zero-order chi connectivity index (χ0) is 21.7. The zero-order valence-corrected chi connectivity index (χ0v) is 16.2. The number of carbonyl (C=O) groups is 2. The van der Waals surface area contributed by atoms with Gasteiger partial charge in [-0.2, -0.15) is 0 Å². The number of aromatic amines is 1. The van der Waals surface area contributed by atoms with E-state index in [0.717, 1.165) is 18.1 Å². The summed E-state index contributed by atoms with van der Waals surface area (Å²) in [5.41, 5.74) is 1.08. The molecule has 1 aromatic heterocycles. The number of aromatic nitrogens is 1. The summed E-state index contributed by atoms with van der Waals surface area (Å²) in [7, 11) is 0. The second-order valence-electron chi connectivity index (χ2n) is 6.72. The van der Waals surface area contributed by atoms with Gasteiger partial charge in [-0.3, -0.25) is 24.5 Å². The quantitative estimate of drug-likeness (QED) is 0.408. The number of benzene rings is 2. The summed E-state index contributed by atoms with van der Waals surface area (Å²) in [5.74, 6) is -0.623. The largest absolute Gasteiger partial charge is 0.348 e. The van der Waals surface area contributed by atoms with E-state index >= 15 is 0 Å². The Balaban J connectivity index is 1.80. The van der Waals surface area contributed by atoms with Crippen LogP contribution < -0.4 is 16.2 Å². The molecule has 9 heteroatoms. The van der Waals surface area contributed by atoms with Gasteiger partial charge in [-0.15, -0.1) is 0 Å². The molecule has 0 saturated heterocycles. The van der Waals surface area contributed by atoms with Crippen LogP contribution in [0.2, 0.25) is 0 Å². The van der Waals surface area contributed by atoms with Gasteiger partial charge in [0.1, 0.15) is 0 Å². The summed E-state index contributed by atoms with van der Waals surface area (Å²) in [6, 6.07) is 12.1. The summed E-state index contributed by atoms with van der Waals surface area (Å²) in [6.45, 7) is 2.07. The Labute approximate surface area is 171 Å². The van der Waals surface area contributed by atoms with Crippen LogP contribution in [0.25, 0.3) is 10.9 Å². The van der Waals surface area contributed by atoms with Gasteiger partial charge in [0.15, 0.2) is 0 Å². The topological polar surface area (TPSA) is 134 Å². The normalized spacial score (nSPS) is 10.6. The highest BCUT2D eigenvalue weighted by atomic mass is 16.6. The Kier molecular flexibility index (Phi) is 6.21. The van der Waals surface area contributed by atoms with Gasteiger partial charge in [0.05, 0.1) is 10.5 Å². The maximum atomic E-state index is 12.7. The predicted molar refractivity (Wildman–Crippen MR) is 112 cm³/mol. The standard InChI is InChI=1S/C21H20N4O5/c1-2-4-19(26)23-14-6-3-5-13(9-14)12-22-21(28)17-11-20(27)24-18-8-7-15(25(29)30)10-16(17)18/h3,5-11H,2,4,12H2,1H3,(H,22,28)(H,23,26)(H,24,27). The monoisotopic (exact) mass is 408 g/mol. The van der Waals surface area contributed by atoms with Gasteiger partial charge < -0.3 is 15.6 Å². The fourth-order valence-corrected chi connectivity index (χ4v) is 3.03. The average molecular weight is 408 g/mol. The molecule has 0 spiro atoms. The Hall–Kier alpha value is -4.01. The van der Waals surface area contributed by atoms with Gasteiger partial charge in [0.2, 0.25) is 11.5 Å². The number of anilines is 1. The fraction of sp³-hybridized carbons (Fsp3) is 0.190. The van der Waals surface area contributed by atoms with Crippen LogP contribution in [0.15, 0.2) is 53.3 Å². The number of nitro benzene ring substituents is 1. The molecule has 30 heavy (non-hydrogen) atoms. The van der Waals surface area contributed by atoms with Gasteiger partial charge in [-0.25, -0.2) is 0 Å². The lowest BCUT2D eigenvalue weighted by Gasteiger charge is -2.10. The van der Waals surface area contributed by atoms with Gasteiger partial charge in [-0.05, 0) is 30.2 Å². The molecule has 0 radical (unpaired) electrons. The number of fused-ring (bicyclic) bond motifs is 1. The highest BCUT2D eigenvalue weighted by Gasteiger charge is 2.15. The lowest BCUT2D eigenvalue weighted by molar-refractivity contribution is -0.384. The van der Waals surface area contributed by atoms with Crippen LogP contribution in [0.5, 0.6) is 0 Å². The molecule has 9 nitrogen and oxygen atoms in total. The lowest BCUT2D eigenvalue weighted by atomic mass is 10.1. The number of H-pyrrole nitrogens is 1. The van der Waals surface area contributed by atoms with E-state index in [1.807, 2.05) is 6.92 Å². The van der Waals surface area contributed by atoms with Crippen LogP contribution in [0, 0.1) is 10.1 Å². The first-order chi connectivity index (χ1) is 14.4. The van der Waals surface area contributed by atoms with Crippen molar-refractivity contribution in [3.05, 3.63) is 80.1 Å². The van der Waals surface area contributed by atoms with E-state index in [2.05, 4.69) is 15.6 Å². The second kappa shape index (κ2) is 8.99. The van der Waals surface area contributed by atoms with E-state index in [0.29, 0.717) is 17.6 Å². The first-order valence-electron chi connectivity index (χ1n) is 9.36. The molecule has 2 amide bonds. The Morgan fingerprint density at radius 2 is 1.93 bits per heavy atom. The molecular formula is C21H20N4O5. The highest BCUT2D eigenvalue weighted by molar-refractivity contribution is 6.06. The molecule has 2 aromatic carbocycles. The third-order valence-corrected chi connectivity index (χ3v) is 4.42. The van der Waals surface area contributed by atoms with E-state index in [1.165, 1.54) is 18.2 Å². The van der Waals surface area contributed by atoms with Gasteiger partial charge in [0.25, 0.3) is 11.6 Å². The lowest BCUT2D eigenvalue weighted by Crippen LogP contribution is -2.25. The van der Waals surface area contributed by atoms with Crippen LogP contribution in [-0.2, 0) is 11.3 Å². The maximum absolute atomic E-state index is 12.7. The molecule has 0 aliphatic heterocycles. The smallest absolute Gasteiger partial charge is 0.270 e. The summed E-state index contributed by atoms with van der Waals surface area (Å²) in [6.07, 6.45) is 1.16. The van der Waals surface area contributed by atoms with E-state index in [1.54, 1.807) is 24.3 Å². The molecule has 0 aliphatic carbocycles. The van der Waals surface area contributed by atoms with Crippen molar-refractivity contribution in [1.29, 1.82) is 0 Å². The first-order valence-corrected chi connectivity index (χ1v) is 9.36. The number of hydrogen-bond acceptors (Lipinski definition) is 5. The molecule has 0 atom stereocenters. The van der Waals surface area contributed by atoms with Crippen LogP contribution in [0.3, 0.4) is 0 Å². The molecule has 3 N–H and O–H groups in total. The molecule has 0 bridgehead atoms. The fourth-order valence-electron chi connectivity index (χ4n) is 3.03. The number of nitrogens with one attached hydrogen (secondary N) is 3. The third-order valence-electron chi connectivity index (χ3n) is 4.42. The highest BCUT2D eigenvalue weighted by Crippen LogP contribution is 2.21. The molecular weight excluding hydrogens is 388 g/mol. The summed E-state index contributed by atoms with van der Waals surface area (Å²) < 4.78 is 0. The van der Waals surface area contributed by atoms with E-state index in [4.69, 9.17) is 0 Å². The molecule has 0 fully saturated rings. The minimum absolute atomic E-state index is 0.0462. The van der Waals surface area contributed by atoms with Crippen LogP contribution >= 0.6 is 0 Å². The predicted octanol–water partition coefficient (Wildman–Crippen LogP) is 3.10. The van der Waals surface area contributed by atoms with Crippen molar-refractivity contribution in [3.63, 3.8) is 0 Å². The SMILES string of the molecule is CCCC(=O)Nc1cccc(CNC(=O)c2cc(=O)[nH]c3ccc([N+](=O)[O-])cc23)c1. The van der Waals surface area contributed by atoms with Crippen LogP contribution in [0.1, 0.15) is 35.7 Å². The minimum atomic E-state index is -0.565. The molecule has 3 rings (SSSR count). The number of nitrogens with zero attached hydrogens (tertiary/aromatic N) is 1. The van der Waals surface area contributed by atoms with Crippen molar-refractivity contribution in [2.45, 2.75) is 26.3 Å². The number of rotatable bonds is 7. The molecule has 0 saturated carbocycles. The van der Waals surface area contributed by atoms with E-state index in [9.17, 15) is 24.5 Å². The van der Waals surface area contributed by atoms with E-state index < -0.39 is 16.4 Å². The minimum Gasteiger partial charge on any atom is -0.348 e. The molecule has 1 heterocycles. The molecule has 0 unspecified atom stereocenters. The van der Waals surface area contributed by atoms with Crippen molar-refractivity contribution >= 4 is 34.1 Å². The van der Waals surface area contributed by atoms with Crippen molar-refractivity contribution in [2.75, 3.05) is 5.32 Å². The molecule has 154 valence electrons. The Bertz CT molecular complexity index is 1190. The Morgan fingerprint density at radius 1 is 1.13 bits per heavy atom. The van der Waals surface area contributed by atoms with Crippen molar-refractivity contribution in [1.82, 2.24) is 10.3 Å². The number of non-ortho nitro benzene ring substituents is 1. The van der Waals surface area contributed by atoms with Crippen molar-refractivity contribution < 1.29 is 14.5 Å². The van der Waals surface area contributed by atoms with Crippen LogP contribution in [0.4, 0.5) is 11.4 Å². The summed E-state index contributed by atoms with van der Waals surface area (Å²) >= 11 is 0. The number of carbonyl (C=O) groups excluding carboxylic acids is 2. The van der Waals surface area contributed by atoms with Crippen molar-refractivity contribution in [3.8, 4) is 0 Å². The van der Waals surface area contributed by atoms with Gasteiger partial charge in [-0.1, -0.05) is 19.1 Å². The van der Waals surface area contributed by atoms with E-state index in [-0.39, 0.29) is 29.1 Å². The second-order valence-corrected chi connectivity index (χ2v) is 6.72. The number of nitro groups is 1. The van der Waals surface area contributed by atoms with Gasteiger partial charge >= 0.3 is 0 Å². The molecule has 0 aliphatic rings. The molecule has 3 aromatic rings. The van der Waals surface area contributed by atoms with Gasteiger partial charge in [0, 0.05) is 47.8 Å². The Morgan fingerprint density at radius 3 is 2.67 bits per heavy atom. The summed E-state index contributed by atoms with van der Waals surface area (Å²) in [4.78, 5) is 49.4. The third kappa shape index (κ3) is 4.88. The number of amides is 2. The summed E-state index contributed by atoms with van der Waals surface area (Å²) in [5, 5.41) is 16.8. The first kappa shape index (κ1) is 20.7. The average Bonchev–Trinajstić information content (AvgIpc) is 2.71. The zero-order valence-electron chi connectivity index (χ0n) is 16.2. The number of pyridine rings is 1.